The molecule has 0 unspecified atom stereocenters. The van der Waals surface area contributed by atoms with Gasteiger partial charge in [0.1, 0.15) is 11.4 Å². The molecule has 0 bridgehead atoms. The van der Waals surface area contributed by atoms with Gasteiger partial charge in [-0.15, -0.1) is 11.8 Å². The first-order valence-electron chi connectivity index (χ1n) is 4.56. The molecule has 78 valence electrons. The summed E-state index contributed by atoms with van der Waals surface area (Å²) >= 11 is 1.65. The highest BCUT2D eigenvalue weighted by Crippen LogP contribution is 2.30. The van der Waals surface area contributed by atoms with E-state index in [9.17, 15) is 0 Å². The number of anilines is 1. The van der Waals surface area contributed by atoms with Crippen molar-refractivity contribution in [3.05, 3.63) is 6.33 Å². The minimum atomic E-state index is 0.404. The smallest absolute Gasteiger partial charge is 0.193 e. The van der Waals surface area contributed by atoms with Crippen LogP contribution in [-0.2, 0) is 0 Å². The zero-order valence-electron chi connectivity index (χ0n) is 8.49. The number of nitrogens with two attached hydrogens (primary N) is 1. The average Bonchev–Trinajstić information content (AvgIpc) is 2.18. The van der Waals surface area contributed by atoms with Crippen LogP contribution in [0.5, 0.6) is 5.75 Å². The van der Waals surface area contributed by atoms with Crippen LogP contribution in [0.4, 0.5) is 5.82 Å². The molecule has 5 heteroatoms. The Balaban J connectivity index is 2.70. The first kappa shape index (κ1) is 11.1. The molecule has 0 aliphatic heterocycles. The lowest BCUT2D eigenvalue weighted by Gasteiger charge is -2.07. The molecule has 14 heavy (non-hydrogen) atoms. The average molecular weight is 213 g/mol. The summed E-state index contributed by atoms with van der Waals surface area (Å²) < 4.78 is 5.14. The molecule has 0 radical (unpaired) electrons. The van der Waals surface area contributed by atoms with Gasteiger partial charge >= 0.3 is 0 Å². The van der Waals surface area contributed by atoms with Crippen LogP contribution in [0, 0.1) is 0 Å². The fraction of sp³-hybridized carbons (Fsp3) is 0.556. The molecule has 0 aliphatic rings. The topological polar surface area (TPSA) is 61.0 Å². The molecule has 0 saturated heterocycles. The summed E-state index contributed by atoms with van der Waals surface area (Å²) in [6.45, 7) is 2.16. The van der Waals surface area contributed by atoms with Crippen LogP contribution in [0.2, 0.25) is 0 Å². The minimum absolute atomic E-state index is 0.404. The monoisotopic (exact) mass is 213 g/mol. The van der Waals surface area contributed by atoms with Crippen LogP contribution in [-0.4, -0.2) is 22.8 Å². The highest BCUT2D eigenvalue weighted by atomic mass is 32.2. The van der Waals surface area contributed by atoms with Crippen LogP contribution in [0.15, 0.2) is 11.4 Å². The lowest BCUT2D eigenvalue weighted by molar-refractivity contribution is 0.401. The second-order valence-corrected chi connectivity index (χ2v) is 3.88. The zero-order valence-corrected chi connectivity index (χ0v) is 9.30. The Morgan fingerprint density at radius 2 is 2.29 bits per heavy atom. The number of aromatic nitrogens is 2. The van der Waals surface area contributed by atoms with E-state index in [4.69, 9.17) is 10.5 Å². The number of hydrogen-bond donors (Lipinski definition) is 1. The Hall–Kier alpha value is -0.970. The number of unbranched alkanes of at least 4 members (excludes halogenated alkanes) is 1. The van der Waals surface area contributed by atoms with E-state index >= 15 is 0 Å². The Morgan fingerprint density at radius 1 is 1.50 bits per heavy atom. The molecule has 1 rings (SSSR count). The van der Waals surface area contributed by atoms with Crippen molar-refractivity contribution in [1.29, 1.82) is 0 Å². The molecule has 2 N–H and O–H groups in total. The summed E-state index contributed by atoms with van der Waals surface area (Å²) in [6, 6.07) is 0. The molecular formula is C9H15N3OS. The molecule has 0 amide bonds. The minimum Gasteiger partial charge on any atom is -0.490 e. The maximum absolute atomic E-state index is 5.65. The molecule has 0 saturated carbocycles. The van der Waals surface area contributed by atoms with Gasteiger partial charge in [0.05, 0.1) is 7.11 Å². The third-order valence-electron chi connectivity index (χ3n) is 1.74. The molecule has 0 fully saturated rings. The summed E-state index contributed by atoms with van der Waals surface area (Å²) in [4.78, 5) is 8.00. The number of nitrogen functional groups attached to an aromatic ring is 1. The summed E-state index contributed by atoms with van der Waals surface area (Å²) in [6.07, 6.45) is 3.81. The quantitative estimate of drug-likeness (QED) is 0.460. The SMILES string of the molecule is CCCCSc1ncnc(N)c1OC. The van der Waals surface area contributed by atoms with E-state index in [0.29, 0.717) is 11.6 Å². The van der Waals surface area contributed by atoms with Gasteiger partial charge in [-0.2, -0.15) is 0 Å². The van der Waals surface area contributed by atoms with Crippen LogP contribution in [0.1, 0.15) is 19.8 Å². The molecule has 0 aliphatic carbocycles. The molecule has 0 aromatic carbocycles. The summed E-state index contributed by atoms with van der Waals surface area (Å²) in [7, 11) is 1.58. The van der Waals surface area contributed by atoms with Gasteiger partial charge in [-0.3, -0.25) is 0 Å². The number of thioether (sulfide) groups is 1. The Bertz CT molecular complexity index is 293. The largest absolute Gasteiger partial charge is 0.490 e. The normalized spacial score (nSPS) is 10.1. The summed E-state index contributed by atoms with van der Waals surface area (Å²) in [5.74, 6) is 2.03. The van der Waals surface area contributed by atoms with E-state index in [2.05, 4.69) is 16.9 Å². The zero-order chi connectivity index (χ0) is 10.4. The first-order chi connectivity index (χ1) is 6.79. The van der Waals surface area contributed by atoms with E-state index < -0.39 is 0 Å². The van der Waals surface area contributed by atoms with Gasteiger partial charge in [0.15, 0.2) is 11.6 Å². The van der Waals surface area contributed by atoms with Gasteiger partial charge in [-0.05, 0) is 12.2 Å². The van der Waals surface area contributed by atoms with Gasteiger partial charge in [-0.1, -0.05) is 13.3 Å². The van der Waals surface area contributed by atoms with E-state index in [0.717, 1.165) is 17.2 Å². The number of rotatable bonds is 5. The number of hydrogen-bond acceptors (Lipinski definition) is 5. The van der Waals surface area contributed by atoms with Crippen molar-refractivity contribution in [2.45, 2.75) is 24.8 Å². The summed E-state index contributed by atoms with van der Waals surface area (Å²) in [5.41, 5.74) is 5.65. The van der Waals surface area contributed by atoms with Gasteiger partial charge in [0.2, 0.25) is 0 Å². The molecule has 0 atom stereocenters. The van der Waals surface area contributed by atoms with Crippen molar-refractivity contribution < 1.29 is 4.74 Å². The highest BCUT2D eigenvalue weighted by molar-refractivity contribution is 7.99. The van der Waals surface area contributed by atoms with Crippen molar-refractivity contribution in [3.8, 4) is 5.75 Å². The fourth-order valence-electron chi connectivity index (χ4n) is 0.978. The lowest BCUT2D eigenvalue weighted by atomic mass is 10.4. The number of nitrogens with zero attached hydrogens (tertiary/aromatic N) is 2. The third kappa shape index (κ3) is 2.77. The van der Waals surface area contributed by atoms with Crippen molar-refractivity contribution in [1.82, 2.24) is 9.97 Å². The van der Waals surface area contributed by atoms with Crippen LogP contribution < -0.4 is 10.5 Å². The number of ether oxygens (including phenoxy) is 1. The standard InChI is InChI=1S/C9H15N3OS/c1-3-4-5-14-9-7(13-2)8(10)11-6-12-9/h6H,3-5H2,1-2H3,(H2,10,11,12). The Morgan fingerprint density at radius 3 is 2.93 bits per heavy atom. The molecule has 4 nitrogen and oxygen atoms in total. The maximum atomic E-state index is 5.65. The van der Waals surface area contributed by atoms with Gasteiger partial charge in [0, 0.05) is 0 Å². The van der Waals surface area contributed by atoms with Crippen LogP contribution in [0.3, 0.4) is 0 Å². The second-order valence-electron chi connectivity index (χ2n) is 2.80. The van der Waals surface area contributed by atoms with Crippen LogP contribution in [0.25, 0.3) is 0 Å². The molecule has 1 heterocycles. The van der Waals surface area contributed by atoms with Crippen molar-refractivity contribution in [2.24, 2.45) is 0 Å². The van der Waals surface area contributed by atoms with Crippen LogP contribution >= 0.6 is 11.8 Å². The Labute approximate surface area is 88.3 Å². The Kier molecular flexibility index (Phi) is 4.52. The summed E-state index contributed by atoms with van der Waals surface area (Å²) in [5, 5.41) is 0.827. The lowest BCUT2D eigenvalue weighted by Crippen LogP contribution is -1.99. The molecule has 0 spiro atoms. The fourth-order valence-corrected chi connectivity index (χ4v) is 2.05. The predicted molar refractivity (Wildman–Crippen MR) is 58.6 cm³/mol. The van der Waals surface area contributed by atoms with E-state index in [1.54, 1.807) is 18.9 Å². The van der Waals surface area contributed by atoms with Gasteiger partial charge in [-0.25, -0.2) is 9.97 Å². The molecular weight excluding hydrogens is 198 g/mol. The molecule has 1 aromatic rings. The second kappa shape index (κ2) is 5.70. The van der Waals surface area contributed by atoms with E-state index in [1.807, 2.05) is 0 Å². The number of methoxy groups -OCH3 is 1. The predicted octanol–water partition coefficient (Wildman–Crippen LogP) is 1.96. The van der Waals surface area contributed by atoms with Gasteiger partial charge < -0.3 is 10.5 Å². The van der Waals surface area contributed by atoms with Crippen molar-refractivity contribution in [2.75, 3.05) is 18.6 Å². The molecule has 1 aromatic heterocycles. The first-order valence-corrected chi connectivity index (χ1v) is 5.55. The third-order valence-corrected chi connectivity index (χ3v) is 2.80. The van der Waals surface area contributed by atoms with Crippen molar-refractivity contribution >= 4 is 17.6 Å². The highest BCUT2D eigenvalue weighted by Gasteiger charge is 2.08. The van der Waals surface area contributed by atoms with Gasteiger partial charge in [0.25, 0.3) is 0 Å². The van der Waals surface area contributed by atoms with E-state index in [-0.39, 0.29) is 0 Å². The van der Waals surface area contributed by atoms with Crippen molar-refractivity contribution in [3.63, 3.8) is 0 Å². The maximum Gasteiger partial charge on any atom is 0.193 e. The van der Waals surface area contributed by atoms with E-state index in [1.165, 1.54) is 12.7 Å².